The van der Waals surface area contributed by atoms with Gasteiger partial charge in [0.25, 0.3) is 5.69 Å². The number of hydrogen-bond donors (Lipinski definition) is 0. The van der Waals surface area contributed by atoms with E-state index >= 15 is 0 Å². The van der Waals surface area contributed by atoms with Crippen molar-refractivity contribution in [3.05, 3.63) is 39.9 Å². The minimum Gasteiger partial charge on any atom is -0.302 e. The Morgan fingerprint density at radius 3 is 2.19 bits per heavy atom. The van der Waals surface area contributed by atoms with Gasteiger partial charge in [-0.3, -0.25) is 10.1 Å². The van der Waals surface area contributed by atoms with Crippen LogP contribution in [0.25, 0.3) is 0 Å². The first-order chi connectivity index (χ1) is 7.68. The van der Waals surface area contributed by atoms with Crippen LogP contribution in [-0.4, -0.2) is 11.2 Å². The summed E-state index contributed by atoms with van der Waals surface area (Å²) in [7, 11) is 0. The molecule has 0 aromatic heterocycles. The van der Waals surface area contributed by atoms with Gasteiger partial charge in [0.05, 0.1) is 10.3 Å². The number of hydrogen-bond acceptors (Lipinski definition) is 3. The highest BCUT2D eigenvalue weighted by Gasteiger charge is 2.35. The molecule has 1 aliphatic rings. The number of rotatable bonds is 3. The summed E-state index contributed by atoms with van der Waals surface area (Å²) < 4.78 is 0. The first kappa shape index (κ1) is 10.8. The van der Waals surface area contributed by atoms with Crippen LogP contribution in [0.5, 0.6) is 0 Å². The molecule has 0 atom stereocenters. The molecule has 4 heteroatoms. The minimum absolute atomic E-state index is 0.0720. The zero-order valence-electron chi connectivity index (χ0n) is 8.89. The highest BCUT2D eigenvalue weighted by molar-refractivity contribution is 5.69. The minimum atomic E-state index is -0.425. The molecular weight excluding hydrogens is 206 g/mol. The quantitative estimate of drug-likeness (QED) is 0.446. The van der Waals surface area contributed by atoms with Crippen LogP contribution in [0, 0.1) is 10.1 Å². The van der Waals surface area contributed by atoms with E-state index in [1.54, 1.807) is 12.1 Å². The summed E-state index contributed by atoms with van der Waals surface area (Å²) in [4.78, 5) is 21.3. The van der Waals surface area contributed by atoms with Gasteiger partial charge in [0, 0.05) is 12.1 Å². The van der Waals surface area contributed by atoms with Gasteiger partial charge >= 0.3 is 0 Å². The third kappa shape index (κ3) is 1.71. The summed E-state index contributed by atoms with van der Waals surface area (Å²) in [5.74, 6) is 0. The molecule has 0 spiro atoms. The molecular formula is C12H13NO3. The summed E-state index contributed by atoms with van der Waals surface area (Å²) in [5.41, 5.74) is 0.586. The second-order valence-corrected chi connectivity index (χ2v) is 4.29. The molecule has 0 N–H and O–H groups in total. The third-order valence-corrected chi connectivity index (χ3v) is 3.37. The van der Waals surface area contributed by atoms with Gasteiger partial charge in [0.1, 0.15) is 6.29 Å². The maximum absolute atomic E-state index is 11.2. The number of non-ortho nitro benzene ring substituents is 1. The molecule has 84 valence electrons. The van der Waals surface area contributed by atoms with Gasteiger partial charge < -0.3 is 4.79 Å². The van der Waals surface area contributed by atoms with Crippen LogP contribution in [0.1, 0.15) is 31.2 Å². The Hall–Kier alpha value is -1.71. The zero-order chi connectivity index (χ0) is 11.6. The first-order valence-corrected chi connectivity index (χ1v) is 5.39. The van der Waals surface area contributed by atoms with Crippen molar-refractivity contribution < 1.29 is 9.72 Å². The fourth-order valence-corrected chi connectivity index (χ4v) is 2.40. The van der Waals surface area contributed by atoms with E-state index in [-0.39, 0.29) is 5.69 Å². The number of nitro groups is 1. The molecule has 0 heterocycles. The van der Waals surface area contributed by atoms with Gasteiger partial charge in [0.15, 0.2) is 0 Å². The molecule has 1 saturated carbocycles. The third-order valence-electron chi connectivity index (χ3n) is 3.37. The van der Waals surface area contributed by atoms with E-state index in [9.17, 15) is 14.9 Å². The van der Waals surface area contributed by atoms with Gasteiger partial charge in [-0.2, -0.15) is 0 Å². The van der Waals surface area contributed by atoms with E-state index < -0.39 is 10.3 Å². The van der Waals surface area contributed by atoms with Crippen molar-refractivity contribution in [3.8, 4) is 0 Å². The van der Waals surface area contributed by atoms with Gasteiger partial charge in [-0.15, -0.1) is 0 Å². The average Bonchev–Trinajstić information content (AvgIpc) is 2.79. The molecule has 16 heavy (non-hydrogen) atoms. The molecule has 0 unspecified atom stereocenters. The zero-order valence-corrected chi connectivity index (χ0v) is 8.89. The number of nitro benzene ring substituents is 1. The lowest BCUT2D eigenvalue weighted by Gasteiger charge is -2.21. The molecule has 2 rings (SSSR count). The van der Waals surface area contributed by atoms with Crippen molar-refractivity contribution in [2.24, 2.45) is 0 Å². The standard InChI is InChI=1S/C12H13NO3/c14-9-12(7-1-2-8-12)10-3-5-11(6-4-10)13(15)16/h3-6,9H,1-2,7-8H2. The highest BCUT2D eigenvalue weighted by Crippen LogP contribution is 2.39. The summed E-state index contributed by atoms with van der Waals surface area (Å²) in [6, 6.07) is 6.35. The summed E-state index contributed by atoms with van der Waals surface area (Å²) >= 11 is 0. The van der Waals surface area contributed by atoms with Crippen LogP contribution in [-0.2, 0) is 10.2 Å². The molecule has 0 saturated heterocycles. The predicted molar refractivity (Wildman–Crippen MR) is 59.3 cm³/mol. The molecule has 1 aromatic rings. The van der Waals surface area contributed by atoms with E-state index in [4.69, 9.17) is 0 Å². The van der Waals surface area contributed by atoms with E-state index in [0.29, 0.717) is 0 Å². The lowest BCUT2D eigenvalue weighted by Crippen LogP contribution is -2.23. The Balaban J connectivity index is 2.33. The number of aldehydes is 1. The van der Waals surface area contributed by atoms with Crippen molar-refractivity contribution in [3.63, 3.8) is 0 Å². The number of nitrogens with zero attached hydrogens (tertiary/aromatic N) is 1. The second-order valence-electron chi connectivity index (χ2n) is 4.29. The molecule has 1 aliphatic carbocycles. The molecule has 0 amide bonds. The van der Waals surface area contributed by atoms with Crippen molar-refractivity contribution in [1.82, 2.24) is 0 Å². The Morgan fingerprint density at radius 1 is 1.19 bits per heavy atom. The lowest BCUT2D eigenvalue weighted by atomic mass is 9.80. The molecule has 4 nitrogen and oxygen atoms in total. The van der Waals surface area contributed by atoms with Crippen molar-refractivity contribution >= 4 is 12.0 Å². The summed E-state index contributed by atoms with van der Waals surface area (Å²) in [5, 5.41) is 10.5. The Bertz CT molecular complexity index is 405. The van der Waals surface area contributed by atoms with Crippen LogP contribution in [0.3, 0.4) is 0 Å². The van der Waals surface area contributed by atoms with E-state index in [1.165, 1.54) is 12.1 Å². The first-order valence-electron chi connectivity index (χ1n) is 5.39. The molecule has 0 bridgehead atoms. The molecule has 1 aromatic carbocycles. The molecule has 1 fully saturated rings. The van der Waals surface area contributed by atoms with Crippen molar-refractivity contribution in [2.45, 2.75) is 31.1 Å². The predicted octanol–water partition coefficient (Wildman–Crippen LogP) is 2.61. The largest absolute Gasteiger partial charge is 0.302 e. The van der Waals surface area contributed by atoms with E-state index in [2.05, 4.69) is 0 Å². The van der Waals surface area contributed by atoms with Gasteiger partial charge in [-0.25, -0.2) is 0 Å². The Morgan fingerprint density at radius 2 is 1.75 bits per heavy atom. The van der Waals surface area contributed by atoms with E-state index in [0.717, 1.165) is 37.5 Å². The molecule has 0 radical (unpaired) electrons. The van der Waals surface area contributed by atoms with Gasteiger partial charge in [-0.05, 0) is 18.4 Å². The smallest absolute Gasteiger partial charge is 0.269 e. The highest BCUT2D eigenvalue weighted by atomic mass is 16.6. The SMILES string of the molecule is O=CC1(c2ccc([N+](=O)[O-])cc2)CCCC1. The number of carbonyl (C=O) groups excluding carboxylic acids is 1. The number of benzene rings is 1. The lowest BCUT2D eigenvalue weighted by molar-refractivity contribution is -0.384. The average molecular weight is 219 g/mol. The Kier molecular flexibility index (Phi) is 2.73. The topological polar surface area (TPSA) is 60.2 Å². The van der Waals surface area contributed by atoms with Crippen LogP contribution in [0.4, 0.5) is 5.69 Å². The van der Waals surface area contributed by atoms with Gasteiger partial charge in [0.2, 0.25) is 0 Å². The maximum atomic E-state index is 11.2. The monoisotopic (exact) mass is 219 g/mol. The second kappa shape index (κ2) is 4.04. The fraction of sp³-hybridized carbons (Fsp3) is 0.417. The summed E-state index contributed by atoms with van der Waals surface area (Å²) in [6.45, 7) is 0. The maximum Gasteiger partial charge on any atom is 0.269 e. The van der Waals surface area contributed by atoms with Crippen LogP contribution < -0.4 is 0 Å². The van der Waals surface area contributed by atoms with Crippen molar-refractivity contribution in [1.29, 1.82) is 0 Å². The Labute approximate surface area is 93.4 Å². The van der Waals surface area contributed by atoms with Gasteiger partial charge in [-0.1, -0.05) is 25.0 Å². The fourth-order valence-electron chi connectivity index (χ4n) is 2.40. The normalized spacial score (nSPS) is 18.2. The summed E-state index contributed by atoms with van der Waals surface area (Å²) in [6.07, 6.45) is 4.81. The number of carbonyl (C=O) groups is 1. The van der Waals surface area contributed by atoms with Crippen LogP contribution >= 0.6 is 0 Å². The van der Waals surface area contributed by atoms with Crippen LogP contribution in [0.2, 0.25) is 0 Å². The van der Waals surface area contributed by atoms with Crippen LogP contribution in [0.15, 0.2) is 24.3 Å². The molecule has 0 aliphatic heterocycles. The van der Waals surface area contributed by atoms with Crippen molar-refractivity contribution in [2.75, 3.05) is 0 Å². The van der Waals surface area contributed by atoms with E-state index in [1.807, 2.05) is 0 Å².